The number of thiocarbonyl (C=S) groups is 1. The Morgan fingerprint density at radius 3 is 2.48 bits per heavy atom. The number of hydrogen-bond donors (Lipinski definition) is 1. The first-order valence-corrected chi connectivity index (χ1v) is 11.8. The van der Waals surface area contributed by atoms with Crippen molar-refractivity contribution < 1.29 is 0 Å². The normalized spacial score (nSPS) is 21.8. The Balaban J connectivity index is 1.54. The van der Waals surface area contributed by atoms with Crippen molar-refractivity contribution in [3.8, 4) is 0 Å². The average molecular weight is 431 g/mol. The Kier molecular flexibility index (Phi) is 5.53. The van der Waals surface area contributed by atoms with Crippen LogP contribution in [0.1, 0.15) is 80.4 Å². The van der Waals surface area contributed by atoms with E-state index in [0.717, 1.165) is 16.5 Å². The third-order valence-corrected chi connectivity index (χ3v) is 7.08. The van der Waals surface area contributed by atoms with Crippen LogP contribution in [0.5, 0.6) is 0 Å². The molecule has 1 aliphatic carbocycles. The van der Waals surface area contributed by atoms with Crippen LogP contribution in [0.25, 0.3) is 0 Å². The molecule has 3 heterocycles. The number of pyridine rings is 1. The molecule has 0 amide bonds. The molecule has 0 unspecified atom stereocenters. The van der Waals surface area contributed by atoms with Crippen LogP contribution in [-0.4, -0.2) is 14.7 Å². The molecule has 160 valence electrons. The maximum absolute atomic E-state index is 5.86. The summed E-state index contributed by atoms with van der Waals surface area (Å²) in [6, 6.07) is 17.9. The lowest BCUT2D eigenvalue weighted by Gasteiger charge is -2.27. The molecule has 3 aromatic rings. The van der Waals surface area contributed by atoms with Gasteiger partial charge in [0.05, 0.1) is 17.8 Å². The lowest BCUT2D eigenvalue weighted by molar-refractivity contribution is 0.515. The van der Waals surface area contributed by atoms with Crippen LogP contribution < -0.4 is 10.2 Å². The molecule has 1 saturated heterocycles. The number of anilines is 1. The Bertz CT molecular complexity index is 1030. The first-order valence-electron chi connectivity index (χ1n) is 11.4. The number of rotatable bonds is 5. The molecule has 31 heavy (non-hydrogen) atoms. The predicted octanol–water partition coefficient (Wildman–Crippen LogP) is 6.30. The van der Waals surface area contributed by atoms with E-state index >= 15 is 0 Å². The highest BCUT2D eigenvalue weighted by Gasteiger charge is 2.41. The SMILES string of the molecule is CC(C)c1ccc(N2C(=S)N[C@@H](c3ccccn3)[C@@H]2c2ccn(C3CCCC3)c2)cc1. The summed E-state index contributed by atoms with van der Waals surface area (Å²) in [6.07, 6.45) is 11.7. The highest BCUT2D eigenvalue weighted by Crippen LogP contribution is 2.42. The van der Waals surface area contributed by atoms with Crippen LogP contribution in [-0.2, 0) is 0 Å². The largest absolute Gasteiger partial charge is 0.351 e. The van der Waals surface area contributed by atoms with Crippen molar-refractivity contribution in [3.63, 3.8) is 0 Å². The molecular weight excluding hydrogens is 400 g/mol. The maximum atomic E-state index is 5.86. The van der Waals surface area contributed by atoms with E-state index < -0.39 is 0 Å². The van der Waals surface area contributed by atoms with E-state index in [1.54, 1.807) is 0 Å². The predicted molar refractivity (Wildman–Crippen MR) is 130 cm³/mol. The molecule has 0 spiro atoms. The van der Waals surface area contributed by atoms with Crippen LogP contribution >= 0.6 is 12.2 Å². The molecule has 1 saturated carbocycles. The van der Waals surface area contributed by atoms with E-state index in [2.05, 4.69) is 82.4 Å². The van der Waals surface area contributed by atoms with Gasteiger partial charge in [-0.1, -0.05) is 44.9 Å². The highest BCUT2D eigenvalue weighted by molar-refractivity contribution is 7.80. The molecule has 2 atom stereocenters. The standard InChI is InChI=1S/C26H30N4S/c1-18(2)19-10-12-22(13-11-19)30-25(20-14-16-29(17-20)21-7-3-4-8-21)24(28-26(30)31)23-9-5-6-15-27-23/h5-6,9-18,21,24-25H,3-4,7-8H2,1-2H3,(H,28,31)/t24-,25-/m0/s1. The average Bonchev–Trinajstić information content (AvgIpc) is 3.54. The molecule has 2 aromatic heterocycles. The smallest absolute Gasteiger partial charge is 0.174 e. The Morgan fingerprint density at radius 1 is 1.03 bits per heavy atom. The van der Waals surface area contributed by atoms with Crippen LogP contribution in [0.4, 0.5) is 5.69 Å². The van der Waals surface area contributed by atoms with Gasteiger partial charge in [0.25, 0.3) is 0 Å². The summed E-state index contributed by atoms with van der Waals surface area (Å²) in [6.45, 7) is 4.45. The maximum Gasteiger partial charge on any atom is 0.174 e. The van der Waals surface area contributed by atoms with Gasteiger partial charge < -0.3 is 14.8 Å². The zero-order chi connectivity index (χ0) is 21.4. The topological polar surface area (TPSA) is 33.1 Å². The molecule has 4 nitrogen and oxygen atoms in total. The van der Waals surface area contributed by atoms with Gasteiger partial charge in [-0.15, -0.1) is 0 Å². The van der Waals surface area contributed by atoms with Crippen molar-refractivity contribution in [2.24, 2.45) is 0 Å². The summed E-state index contributed by atoms with van der Waals surface area (Å²) in [4.78, 5) is 6.94. The van der Waals surface area contributed by atoms with Crippen molar-refractivity contribution in [1.29, 1.82) is 0 Å². The van der Waals surface area contributed by atoms with Crippen LogP contribution in [0.2, 0.25) is 0 Å². The van der Waals surface area contributed by atoms with E-state index in [-0.39, 0.29) is 12.1 Å². The minimum atomic E-state index is 0.0119. The summed E-state index contributed by atoms with van der Waals surface area (Å²) >= 11 is 5.86. The molecule has 0 radical (unpaired) electrons. The number of hydrogen-bond acceptors (Lipinski definition) is 2. The number of nitrogens with zero attached hydrogens (tertiary/aromatic N) is 3. The van der Waals surface area contributed by atoms with E-state index in [1.165, 1.54) is 36.8 Å². The number of benzene rings is 1. The fraction of sp³-hybridized carbons (Fsp3) is 0.385. The first kappa shape index (κ1) is 20.3. The highest BCUT2D eigenvalue weighted by atomic mass is 32.1. The first-order chi connectivity index (χ1) is 15.1. The van der Waals surface area contributed by atoms with Crippen LogP contribution in [0, 0.1) is 0 Å². The fourth-order valence-corrected chi connectivity index (χ4v) is 5.37. The van der Waals surface area contributed by atoms with Gasteiger partial charge in [0.15, 0.2) is 5.11 Å². The van der Waals surface area contributed by atoms with Gasteiger partial charge in [-0.05, 0) is 72.4 Å². The Hall–Kier alpha value is -2.66. The number of aromatic nitrogens is 2. The monoisotopic (exact) mass is 430 g/mol. The molecule has 2 fully saturated rings. The van der Waals surface area contributed by atoms with E-state index in [0.29, 0.717) is 12.0 Å². The Labute approximate surface area is 190 Å². The van der Waals surface area contributed by atoms with Gasteiger partial charge in [-0.25, -0.2) is 0 Å². The molecule has 1 N–H and O–H groups in total. The third kappa shape index (κ3) is 3.87. The van der Waals surface area contributed by atoms with E-state index in [9.17, 15) is 0 Å². The summed E-state index contributed by atoms with van der Waals surface area (Å²) in [7, 11) is 0. The molecule has 2 aliphatic rings. The summed E-state index contributed by atoms with van der Waals surface area (Å²) in [5.41, 5.74) is 4.76. The Morgan fingerprint density at radius 2 is 1.81 bits per heavy atom. The van der Waals surface area contributed by atoms with Crippen molar-refractivity contribution in [1.82, 2.24) is 14.9 Å². The molecule has 0 bridgehead atoms. The molecule has 1 aliphatic heterocycles. The van der Waals surface area contributed by atoms with E-state index in [1.807, 2.05) is 18.3 Å². The van der Waals surface area contributed by atoms with Crippen molar-refractivity contribution in [2.75, 3.05) is 4.90 Å². The van der Waals surface area contributed by atoms with Crippen molar-refractivity contribution in [2.45, 2.75) is 63.6 Å². The van der Waals surface area contributed by atoms with Crippen molar-refractivity contribution >= 4 is 23.0 Å². The zero-order valence-electron chi connectivity index (χ0n) is 18.2. The van der Waals surface area contributed by atoms with Crippen LogP contribution in [0.3, 0.4) is 0 Å². The lowest BCUT2D eigenvalue weighted by atomic mass is 9.98. The molecular formula is C26H30N4S. The quantitative estimate of drug-likeness (QED) is 0.482. The zero-order valence-corrected chi connectivity index (χ0v) is 19.1. The number of nitrogens with one attached hydrogen (secondary N) is 1. The van der Waals surface area contributed by atoms with Gasteiger partial charge >= 0.3 is 0 Å². The van der Waals surface area contributed by atoms with Crippen molar-refractivity contribution in [3.05, 3.63) is 83.9 Å². The third-order valence-electron chi connectivity index (χ3n) is 6.76. The second-order valence-corrected chi connectivity index (χ2v) is 9.46. The summed E-state index contributed by atoms with van der Waals surface area (Å²) < 4.78 is 2.42. The van der Waals surface area contributed by atoms with Crippen LogP contribution in [0.15, 0.2) is 67.1 Å². The molecule has 5 rings (SSSR count). The molecule has 5 heteroatoms. The molecule has 1 aromatic carbocycles. The lowest BCUT2D eigenvalue weighted by Crippen LogP contribution is -2.29. The minimum absolute atomic E-state index is 0.0119. The minimum Gasteiger partial charge on any atom is -0.351 e. The fourth-order valence-electron chi connectivity index (χ4n) is 5.03. The van der Waals surface area contributed by atoms with Gasteiger partial charge in [-0.3, -0.25) is 4.98 Å². The van der Waals surface area contributed by atoms with Gasteiger partial charge in [0, 0.05) is 30.3 Å². The summed E-state index contributed by atoms with van der Waals surface area (Å²) in [5, 5.41) is 4.33. The van der Waals surface area contributed by atoms with E-state index in [4.69, 9.17) is 12.2 Å². The van der Waals surface area contributed by atoms with Gasteiger partial charge in [0.1, 0.15) is 0 Å². The van der Waals surface area contributed by atoms with Gasteiger partial charge in [-0.2, -0.15) is 0 Å². The second kappa shape index (κ2) is 8.46. The second-order valence-electron chi connectivity index (χ2n) is 9.07. The summed E-state index contributed by atoms with van der Waals surface area (Å²) in [5.74, 6) is 0.509. The van der Waals surface area contributed by atoms with Gasteiger partial charge in [0.2, 0.25) is 0 Å².